The van der Waals surface area contributed by atoms with E-state index in [9.17, 15) is 8.78 Å². The lowest BCUT2D eigenvalue weighted by molar-refractivity contribution is -0.0516. The third kappa shape index (κ3) is 24.1. The molecule has 0 amide bonds. The molecule has 14 aromatic heterocycles. The fourth-order valence-corrected chi connectivity index (χ4v) is 15.3. The molecule has 1 aliphatic carbocycles. The molecule has 0 atom stereocenters. The van der Waals surface area contributed by atoms with Crippen molar-refractivity contribution in [1.29, 1.82) is 0 Å². The molecule has 740 valence electrons. The third-order valence-electron chi connectivity index (χ3n) is 23.5. The van der Waals surface area contributed by atoms with Crippen LogP contribution in [0.15, 0.2) is 123 Å². The summed E-state index contributed by atoms with van der Waals surface area (Å²) in [5.74, 6) is 9.29. The molecule has 4 aromatic carbocycles. The maximum absolute atomic E-state index is 12.3. The number of fused-ring (bicyclic) bond motifs is 9. The molecular weight excluding hydrogens is 1790 g/mol. The van der Waals surface area contributed by atoms with Crippen LogP contribution >= 0.6 is 0 Å². The van der Waals surface area contributed by atoms with Crippen molar-refractivity contribution in [3.05, 3.63) is 208 Å². The fourth-order valence-electron chi connectivity index (χ4n) is 15.3. The summed E-state index contributed by atoms with van der Waals surface area (Å²) in [6, 6.07) is 17.2. The summed E-state index contributed by atoms with van der Waals surface area (Å²) in [5, 5.41) is 10.7. The zero-order valence-electron chi connectivity index (χ0n) is 85.2. The van der Waals surface area contributed by atoms with E-state index in [1.54, 1.807) is 90.2 Å². The molecule has 0 spiro atoms. The number of halogens is 2. The van der Waals surface area contributed by atoms with Crippen LogP contribution in [0.4, 0.5) is 43.3 Å². The predicted octanol–water partition coefficient (Wildman–Crippen LogP) is 16.3. The summed E-state index contributed by atoms with van der Waals surface area (Å²) >= 11 is 0. The molecule has 1 fully saturated rings. The van der Waals surface area contributed by atoms with Gasteiger partial charge in [0.2, 0.25) is 11.6 Å². The van der Waals surface area contributed by atoms with Crippen molar-refractivity contribution in [2.45, 2.75) is 123 Å². The molecule has 140 heavy (non-hydrogen) atoms. The number of hydrogen-bond donors (Lipinski definition) is 4. The van der Waals surface area contributed by atoms with Gasteiger partial charge in [-0.2, -0.15) is 19.0 Å². The number of anilines is 6. The van der Waals surface area contributed by atoms with Crippen molar-refractivity contribution in [1.82, 2.24) is 112 Å². The smallest absolute Gasteiger partial charge is 0.387 e. The van der Waals surface area contributed by atoms with Crippen LogP contribution in [-0.2, 0) is 49.3 Å². The highest BCUT2D eigenvalue weighted by molar-refractivity contribution is 5.90. The van der Waals surface area contributed by atoms with Gasteiger partial charge in [-0.05, 0) is 220 Å². The van der Waals surface area contributed by atoms with E-state index in [-0.39, 0.29) is 5.75 Å². The molecule has 0 bridgehead atoms. The first kappa shape index (κ1) is 104. The van der Waals surface area contributed by atoms with Gasteiger partial charge in [0.05, 0.1) is 113 Å². The zero-order valence-corrected chi connectivity index (χ0v) is 85.2. The summed E-state index contributed by atoms with van der Waals surface area (Å²) in [6.07, 6.45) is 21.7. The second-order valence-electron chi connectivity index (χ2n) is 33.9. The minimum Gasteiger partial charge on any atom is -0.493 e. The van der Waals surface area contributed by atoms with Gasteiger partial charge in [0.1, 0.15) is 34.5 Å². The van der Waals surface area contributed by atoms with E-state index in [1.165, 1.54) is 45.8 Å². The zero-order chi connectivity index (χ0) is 102. The first-order valence-corrected chi connectivity index (χ1v) is 44.7. The molecule has 2 aliphatic heterocycles. The maximum atomic E-state index is 12.3. The van der Waals surface area contributed by atoms with E-state index in [1.807, 2.05) is 220 Å². The summed E-state index contributed by atoms with van der Waals surface area (Å²) in [7, 11) is 25.6. The van der Waals surface area contributed by atoms with Gasteiger partial charge in [0.15, 0.2) is 99.0 Å². The van der Waals surface area contributed by atoms with Gasteiger partial charge in [-0.1, -0.05) is 24.3 Å². The number of nitrogens with two attached hydrogens (primary N) is 4. The normalized spacial score (nSPS) is 11.8. The predicted molar refractivity (Wildman–Crippen MR) is 545 cm³/mol. The topological polar surface area (TPSA) is 434 Å². The molecule has 3 aliphatic rings. The number of benzene rings is 4. The Morgan fingerprint density at radius 2 is 0.929 bits per heavy atom. The number of pyridine rings is 5. The Morgan fingerprint density at radius 3 is 1.54 bits per heavy atom. The molecule has 0 unspecified atom stereocenters. The molecule has 18 aromatic rings. The van der Waals surface area contributed by atoms with Crippen molar-refractivity contribution in [2.24, 2.45) is 55.3 Å². The number of hydrogen-bond acceptors (Lipinski definition) is 31. The number of methoxy groups -OCH3 is 5. The third-order valence-corrected chi connectivity index (χ3v) is 23.5. The quantitative estimate of drug-likeness (QED) is 0.0924. The van der Waals surface area contributed by atoms with Gasteiger partial charge in [-0.25, -0.2) is 69.8 Å². The minimum absolute atomic E-state index is 0.128. The monoisotopic (exact) mass is 1920 g/mol. The highest BCUT2D eigenvalue weighted by Crippen LogP contribution is 2.45. The maximum Gasteiger partial charge on any atom is 0.387 e. The lowest BCUT2D eigenvalue weighted by Gasteiger charge is -2.15. The van der Waals surface area contributed by atoms with Crippen molar-refractivity contribution < 1.29 is 51.4 Å². The second kappa shape index (κ2) is 46.2. The minimum atomic E-state index is -2.82. The molecule has 38 nitrogen and oxygen atoms in total. The van der Waals surface area contributed by atoms with Crippen molar-refractivity contribution in [3.8, 4) is 52.0 Å². The van der Waals surface area contributed by atoms with Gasteiger partial charge in [-0.3, -0.25) is 9.36 Å². The van der Waals surface area contributed by atoms with Crippen LogP contribution in [0.2, 0.25) is 0 Å². The molecule has 8 N–H and O–H groups in total. The standard InChI is InChI=1S/C13H16F2O2.C10H13NO2.C10H14O2.C9H11N3O.3C9H11N3.C9H12N2O2.C8H10N4.2C7H9N5/c1-8-3-6-11(17-13(14)15)12(9(8)2)16-7-10-4-5-10;1-7-4-5-8(12-3)10-9(7)11(2)6-13-10;1-7-5-6-9(11-3)10(12-4)8(7)2;1-6-4-10-9(13-3)7-8(6)12(2)5-11-7;1-6-4-10-9-8(7(6)2)5-11-12(9)3;1-6-4-8-7(2)11-12(3)9(8)10-5-6;1-6-3-4-7(10)8-9(6)12(2)5-11-8;1-6-4-10-9(12-3)8-7(6)11(2)5-13-8;1-5-3-10-8(9)6-7(5)12(2)4-11-6;1-4-11-5-6(8)9-3-10-7(5)12(4)2;1-4-10-6(8)5-7(11-4)12(2)3-9-5/h3,6,10,13H,4-5,7H2,1-2H3;4-5H,6H2,1-3H3;5-6H,1-4H3;4-5H,1-3H3;2*4-5H,1-3H3;3-5H,10H2,1-2H3;4H,5H2,1-3H3;3-4H,1-2H3,(H2,9,10);3H,1-2H3,(H2,8,9,10);3H,1-2H3,(H2,8,10,11). The average Bonchev–Trinajstić information content (AvgIpc) is 1.67. The van der Waals surface area contributed by atoms with Gasteiger partial charge < -0.3 is 98.2 Å². The second-order valence-corrected chi connectivity index (χ2v) is 33.9. The highest BCUT2D eigenvalue weighted by atomic mass is 19.3. The number of nitrogen functional groups attached to an aromatic ring is 4. The van der Waals surface area contributed by atoms with Crippen molar-refractivity contribution in [3.63, 3.8) is 0 Å². The van der Waals surface area contributed by atoms with Gasteiger partial charge in [-0.15, -0.1) is 0 Å². The van der Waals surface area contributed by atoms with E-state index in [0.717, 1.165) is 170 Å². The number of nitrogens with zero attached hydrogens (tertiary/aromatic N) is 25. The van der Waals surface area contributed by atoms with Crippen LogP contribution in [0.1, 0.15) is 96.9 Å². The number of ether oxygens (including phenoxy) is 9. The van der Waals surface area contributed by atoms with Crippen molar-refractivity contribution >= 4 is 112 Å². The number of rotatable bonds is 10. The summed E-state index contributed by atoms with van der Waals surface area (Å²) in [4.78, 5) is 62.0. The Kier molecular flexibility index (Phi) is 34.5. The van der Waals surface area contributed by atoms with Crippen LogP contribution < -0.4 is 75.4 Å². The lowest BCUT2D eigenvalue weighted by atomic mass is 10.1. The van der Waals surface area contributed by atoms with E-state index < -0.39 is 6.61 Å². The Balaban J connectivity index is 0.000000148. The molecule has 0 radical (unpaired) electrons. The van der Waals surface area contributed by atoms with E-state index in [4.69, 9.17) is 60.8 Å². The van der Waals surface area contributed by atoms with Crippen LogP contribution in [0.25, 0.3) is 77.5 Å². The number of aryl methyl sites for hydroxylation is 20. The lowest BCUT2D eigenvalue weighted by Crippen LogP contribution is -2.15. The molecular formula is C100H127F2N29O9. The summed E-state index contributed by atoms with van der Waals surface area (Å²) in [6.45, 7) is 28.9. The first-order valence-electron chi connectivity index (χ1n) is 44.7. The largest absolute Gasteiger partial charge is 0.493 e. The van der Waals surface area contributed by atoms with Crippen molar-refractivity contribution in [2.75, 3.05) is 102 Å². The van der Waals surface area contributed by atoms with Gasteiger partial charge >= 0.3 is 6.61 Å². The Bertz CT molecular complexity index is 7210. The average molecular weight is 1920 g/mol. The first-order chi connectivity index (χ1) is 66.6. The Morgan fingerprint density at radius 1 is 0.407 bits per heavy atom. The van der Waals surface area contributed by atoms with Crippen LogP contribution in [-0.4, -0.2) is 188 Å². The molecule has 16 heterocycles. The number of imidazole rings is 5. The van der Waals surface area contributed by atoms with Gasteiger partial charge in [0.25, 0.3) is 5.88 Å². The molecule has 21 rings (SSSR count). The van der Waals surface area contributed by atoms with Crippen LogP contribution in [0.3, 0.4) is 0 Å². The highest BCUT2D eigenvalue weighted by Gasteiger charge is 2.28. The Hall–Kier alpha value is -16.1. The summed E-state index contributed by atoms with van der Waals surface area (Å²) < 4.78 is 84.6. The van der Waals surface area contributed by atoms with E-state index >= 15 is 0 Å². The molecule has 1 saturated carbocycles. The van der Waals surface area contributed by atoms with Crippen LogP contribution in [0.5, 0.6) is 52.0 Å². The molecule has 0 saturated heterocycles. The van der Waals surface area contributed by atoms with Gasteiger partial charge in [0, 0.05) is 105 Å². The Labute approximate surface area is 812 Å². The number of aromatic nitrogens is 23. The fraction of sp³-hybridized carbons (Fsp3) is 0.360. The van der Waals surface area contributed by atoms with Crippen LogP contribution in [0, 0.1) is 110 Å². The van der Waals surface area contributed by atoms with E-state index in [0.29, 0.717) is 77.8 Å². The SMILES string of the molecule is COc1ccc(C)c(C)c1OC.COc1ccc(C)c2c1OCN2C.COc1ncc(C)c2c1OCN2C.COc1ncc(C)c2c1ncn2C.Cc1ccc(N)c2ncn(C)c12.Cc1ccc(OC(F)F)c(OCC2CC2)c1C.Cc1cnc(N)c2ncn(C)c12.Cc1cnc2c(c1)c(C)nn2C.Cc1cnc2c(cnn2C)c1C.Cc1nc(N)c2ncn(C)c2n1.Cc1nc2c(N)ncnc2n1C. The number of alkyl halides is 2. The van der Waals surface area contributed by atoms with E-state index in [2.05, 4.69) is 130 Å². The summed E-state index contributed by atoms with van der Waals surface area (Å²) in [5.41, 5.74) is 50.9. The molecule has 40 heteroatoms.